The van der Waals surface area contributed by atoms with E-state index >= 15 is 0 Å². The van der Waals surface area contributed by atoms with Gasteiger partial charge in [0.1, 0.15) is 6.04 Å². The summed E-state index contributed by atoms with van der Waals surface area (Å²) in [6.07, 6.45) is 1.59. The highest BCUT2D eigenvalue weighted by atomic mass is 16.6. The van der Waals surface area contributed by atoms with Gasteiger partial charge in [0.15, 0.2) is 6.10 Å². The summed E-state index contributed by atoms with van der Waals surface area (Å²) in [5.74, 6) is -1.19. The molecule has 0 saturated carbocycles. The summed E-state index contributed by atoms with van der Waals surface area (Å²) in [4.78, 5) is 24.6. The zero-order valence-electron chi connectivity index (χ0n) is 9.63. The molecule has 2 aliphatic rings. The summed E-state index contributed by atoms with van der Waals surface area (Å²) >= 11 is 0. The zero-order valence-corrected chi connectivity index (χ0v) is 9.63. The first-order valence-corrected chi connectivity index (χ1v) is 5.93. The highest BCUT2D eigenvalue weighted by molar-refractivity contribution is 5.86. The summed E-state index contributed by atoms with van der Waals surface area (Å²) < 4.78 is 10.5. The number of aliphatic carboxylic acids is 1. The number of carbonyl (C=O) groups excluding carboxylic acids is 1. The van der Waals surface area contributed by atoms with Crippen molar-refractivity contribution in [1.82, 2.24) is 4.90 Å². The molecule has 6 heteroatoms. The van der Waals surface area contributed by atoms with Crippen LogP contribution in [-0.2, 0) is 19.1 Å². The molecule has 1 N–H and O–H groups in total. The topological polar surface area (TPSA) is 76.1 Å². The Morgan fingerprint density at radius 1 is 1.24 bits per heavy atom. The highest BCUT2D eigenvalue weighted by Crippen LogP contribution is 2.19. The van der Waals surface area contributed by atoms with E-state index in [-0.39, 0.29) is 12.5 Å². The van der Waals surface area contributed by atoms with Crippen molar-refractivity contribution >= 4 is 11.9 Å². The van der Waals surface area contributed by atoms with Gasteiger partial charge in [-0.2, -0.15) is 0 Å². The van der Waals surface area contributed by atoms with E-state index in [1.54, 1.807) is 0 Å². The lowest BCUT2D eigenvalue weighted by Gasteiger charge is -2.36. The Kier molecular flexibility index (Phi) is 3.96. The van der Waals surface area contributed by atoms with Crippen LogP contribution in [0.1, 0.15) is 19.3 Å². The molecule has 0 radical (unpaired) electrons. The molecule has 17 heavy (non-hydrogen) atoms. The minimum absolute atomic E-state index is 0.224. The van der Waals surface area contributed by atoms with E-state index in [0.29, 0.717) is 26.2 Å². The molecular formula is C11H17NO5. The molecule has 2 fully saturated rings. The van der Waals surface area contributed by atoms with Gasteiger partial charge in [0, 0.05) is 6.54 Å². The van der Waals surface area contributed by atoms with Crippen LogP contribution in [0.5, 0.6) is 0 Å². The fraction of sp³-hybridized carbons (Fsp3) is 0.818. The predicted octanol–water partition coefficient (Wildman–Crippen LogP) is -0.133. The number of rotatable bonds is 2. The van der Waals surface area contributed by atoms with Crippen molar-refractivity contribution in [3.63, 3.8) is 0 Å². The second-order valence-corrected chi connectivity index (χ2v) is 4.32. The van der Waals surface area contributed by atoms with Crippen LogP contribution in [0, 0.1) is 0 Å². The number of amides is 1. The van der Waals surface area contributed by atoms with Crippen molar-refractivity contribution in [3.05, 3.63) is 0 Å². The van der Waals surface area contributed by atoms with E-state index in [0.717, 1.165) is 12.8 Å². The fourth-order valence-corrected chi connectivity index (χ4v) is 2.27. The molecule has 0 aromatic carbocycles. The van der Waals surface area contributed by atoms with Gasteiger partial charge >= 0.3 is 5.97 Å². The second-order valence-electron chi connectivity index (χ2n) is 4.32. The number of likely N-dealkylation sites (tertiary alicyclic amines) is 1. The van der Waals surface area contributed by atoms with Gasteiger partial charge in [0.2, 0.25) is 0 Å². The van der Waals surface area contributed by atoms with Crippen molar-refractivity contribution < 1.29 is 24.2 Å². The Morgan fingerprint density at radius 3 is 2.71 bits per heavy atom. The molecule has 0 aliphatic carbocycles. The van der Waals surface area contributed by atoms with Gasteiger partial charge in [-0.15, -0.1) is 0 Å². The third-order valence-corrected chi connectivity index (χ3v) is 3.16. The van der Waals surface area contributed by atoms with Crippen LogP contribution < -0.4 is 0 Å². The molecular weight excluding hydrogens is 226 g/mol. The van der Waals surface area contributed by atoms with Gasteiger partial charge in [-0.25, -0.2) is 4.79 Å². The number of hydrogen-bond acceptors (Lipinski definition) is 4. The molecule has 0 spiro atoms. The van der Waals surface area contributed by atoms with E-state index < -0.39 is 18.1 Å². The average molecular weight is 243 g/mol. The molecule has 0 bridgehead atoms. The molecule has 0 aromatic heterocycles. The van der Waals surface area contributed by atoms with Crippen LogP contribution in [0.15, 0.2) is 0 Å². The Bertz CT molecular complexity index is 300. The van der Waals surface area contributed by atoms with Crippen molar-refractivity contribution in [2.75, 3.05) is 26.4 Å². The highest BCUT2D eigenvalue weighted by Gasteiger charge is 2.36. The van der Waals surface area contributed by atoms with Gasteiger partial charge in [-0.3, -0.25) is 4.79 Å². The van der Waals surface area contributed by atoms with Crippen molar-refractivity contribution in [1.29, 1.82) is 0 Å². The average Bonchev–Trinajstić information content (AvgIpc) is 2.39. The minimum atomic E-state index is -0.935. The molecule has 2 atom stereocenters. The summed E-state index contributed by atoms with van der Waals surface area (Å²) in [6.45, 7) is 1.60. The van der Waals surface area contributed by atoms with E-state index in [1.165, 1.54) is 4.90 Å². The number of carboxylic acid groups (broad SMARTS) is 1. The molecule has 6 nitrogen and oxygen atoms in total. The number of carbonyl (C=O) groups is 2. The number of carboxylic acids is 1. The normalized spacial score (nSPS) is 30.0. The molecule has 0 unspecified atom stereocenters. The van der Waals surface area contributed by atoms with Gasteiger partial charge in [-0.1, -0.05) is 0 Å². The van der Waals surface area contributed by atoms with Crippen LogP contribution >= 0.6 is 0 Å². The third-order valence-electron chi connectivity index (χ3n) is 3.16. The predicted molar refractivity (Wildman–Crippen MR) is 57.5 cm³/mol. The number of piperidine rings is 1. The Hall–Kier alpha value is -1.14. The van der Waals surface area contributed by atoms with Crippen LogP contribution in [0.3, 0.4) is 0 Å². The number of ether oxygens (including phenoxy) is 2. The molecule has 96 valence electrons. The van der Waals surface area contributed by atoms with E-state index in [1.807, 2.05) is 0 Å². The van der Waals surface area contributed by atoms with Crippen molar-refractivity contribution in [3.8, 4) is 0 Å². The second kappa shape index (κ2) is 5.46. The molecule has 0 aromatic rings. The third kappa shape index (κ3) is 2.76. The summed E-state index contributed by atoms with van der Waals surface area (Å²) in [7, 11) is 0. The molecule has 2 aliphatic heterocycles. The maximum absolute atomic E-state index is 12.1. The zero-order chi connectivity index (χ0) is 12.3. The summed E-state index contributed by atoms with van der Waals surface area (Å²) in [6, 6.07) is -0.707. The van der Waals surface area contributed by atoms with Gasteiger partial charge in [0.25, 0.3) is 5.91 Å². The first-order chi connectivity index (χ1) is 8.20. The van der Waals surface area contributed by atoms with Gasteiger partial charge < -0.3 is 19.5 Å². The lowest BCUT2D eigenvalue weighted by molar-refractivity contribution is -0.167. The van der Waals surface area contributed by atoms with Crippen molar-refractivity contribution in [2.45, 2.75) is 31.4 Å². The first-order valence-electron chi connectivity index (χ1n) is 5.93. The molecule has 2 rings (SSSR count). The standard InChI is InChI=1S/C11H17NO5/c13-10(9-7-16-5-6-17-9)12-4-2-1-3-8(12)11(14)15/h8-9H,1-7H2,(H,14,15)/t8-,9-/m1/s1. The largest absolute Gasteiger partial charge is 0.480 e. The number of hydrogen-bond donors (Lipinski definition) is 1. The maximum Gasteiger partial charge on any atom is 0.326 e. The van der Waals surface area contributed by atoms with E-state index in [9.17, 15) is 9.59 Å². The van der Waals surface area contributed by atoms with Crippen LogP contribution in [0.2, 0.25) is 0 Å². The summed E-state index contributed by atoms with van der Waals surface area (Å²) in [5.41, 5.74) is 0. The Morgan fingerprint density at radius 2 is 2.06 bits per heavy atom. The SMILES string of the molecule is O=C(O)[C@H]1CCCCN1C(=O)[C@H]1COCCO1. The van der Waals surface area contributed by atoms with E-state index in [4.69, 9.17) is 14.6 Å². The fourth-order valence-electron chi connectivity index (χ4n) is 2.27. The van der Waals surface area contributed by atoms with Gasteiger partial charge in [-0.05, 0) is 19.3 Å². The lowest BCUT2D eigenvalue weighted by Crippen LogP contribution is -2.53. The molecule has 2 heterocycles. The Balaban J connectivity index is 2.02. The lowest BCUT2D eigenvalue weighted by atomic mass is 10.0. The van der Waals surface area contributed by atoms with Crippen LogP contribution in [0.4, 0.5) is 0 Å². The van der Waals surface area contributed by atoms with Gasteiger partial charge in [0.05, 0.1) is 19.8 Å². The smallest absolute Gasteiger partial charge is 0.326 e. The first kappa shape index (κ1) is 12.3. The Labute approximate surface area is 99.5 Å². The van der Waals surface area contributed by atoms with Crippen LogP contribution in [-0.4, -0.2) is 60.4 Å². The monoisotopic (exact) mass is 243 g/mol. The van der Waals surface area contributed by atoms with Crippen LogP contribution in [0.25, 0.3) is 0 Å². The molecule has 2 saturated heterocycles. The summed E-state index contributed by atoms with van der Waals surface area (Å²) in [5, 5.41) is 9.09. The minimum Gasteiger partial charge on any atom is -0.480 e. The van der Waals surface area contributed by atoms with Crippen molar-refractivity contribution in [2.24, 2.45) is 0 Å². The quantitative estimate of drug-likeness (QED) is 0.731. The molecule has 1 amide bonds. The maximum atomic E-state index is 12.1. The number of nitrogens with zero attached hydrogens (tertiary/aromatic N) is 1. The van der Waals surface area contributed by atoms with E-state index in [2.05, 4.69) is 0 Å².